The zero-order chi connectivity index (χ0) is 15.9. The highest BCUT2D eigenvalue weighted by Gasteiger charge is 2.18. The molecule has 114 valence electrons. The first-order valence-corrected chi connectivity index (χ1v) is 7.28. The van der Waals surface area contributed by atoms with E-state index in [2.05, 4.69) is 24.3 Å². The zero-order valence-corrected chi connectivity index (χ0v) is 13.1. The highest BCUT2D eigenvalue weighted by molar-refractivity contribution is 5.72. The molecule has 0 N–H and O–H groups in total. The van der Waals surface area contributed by atoms with Crippen LogP contribution in [0.5, 0.6) is 5.75 Å². The fourth-order valence-electron chi connectivity index (χ4n) is 2.35. The molecule has 1 aliphatic heterocycles. The van der Waals surface area contributed by atoms with Gasteiger partial charge in [0, 0.05) is 30.6 Å². The van der Waals surface area contributed by atoms with Crippen LogP contribution in [-0.2, 0) is 4.74 Å². The number of benzene rings is 1. The molecule has 0 unspecified atom stereocenters. The van der Waals surface area contributed by atoms with E-state index < -0.39 is 0 Å². The number of nitrogens with zero attached hydrogens (tertiary/aromatic N) is 1. The molecule has 3 heteroatoms. The number of terminal acetylenes is 1. The van der Waals surface area contributed by atoms with E-state index in [0.717, 1.165) is 34.8 Å². The predicted octanol–water partition coefficient (Wildman–Crippen LogP) is 3.46. The van der Waals surface area contributed by atoms with Gasteiger partial charge in [-0.25, -0.2) is 0 Å². The predicted molar refractivity (Wildman–Crippen MR) is 90.2 cm³/mol. The van der Waals surface area contributed by atoms with Gasteiger partial charge in [-0.05, 0) is 48.9 Å². The molecule has 0 spiro atoms. The fourth-order valence-corrected chi connectivity index (χ4v) is 2.35. The number of likely N-dealkylation sites (N-methyl/N-ethyl adjacent to an activating group) is 1. The van der Waals surface area contributed by atoms with Gasteiger partial charge in [0.25, 0.3) is 0 Å². The SMILES string of the molecule is C#CC1=CC=C(c2ccc(OCCOC)cc2)N(CC)C1=C. The van der Waals surface area contributed by atoms with Gasteiger partial charge in [-0.2, -0.15) is 0 Å². The average molecular weight is 295 g/mol. The molecule has 0 fully saturated rings. The number of rotatable bonds is 6. The second-order valence-electron chi connectivity index (χ2n) is 4.83. The third-order valence-corrected chi connectivity index (χ3v) is 3.51. The first kappa shape index (κ1) is 15.9. The van der Waals surface area contributed by atoms with Crippen LogP contribution in [0.4, 0.5) is 0 Å². The highest BCUT2D eigenvalue weighted by atomic mass is 16.5. The van der Waals surface area contributed by atoms with Gasteiger partial charge < -0.3 is 14.4 Å². The van der Waals surface area contributed by atoms with Crippen molar-refractivity contribution < 1.29 is 9.47 Å². The number of hydrogen-bond donors (Lipinski definition) is 0. The summed E-state index contributed by atoms with van der Waals surface area (Å²) in [6.45, 7) is 8.12. The van der Waals surface area contributed by atoms with Gasteiger partial charge in [0.05, 0.1) is 6.61 Å². The Morgan fingerprint density at radius 3 is 2.50 bits per heavy atom. The van der Waals surface area contributed by atoms with E-state index in [1.807, 2.05) is 36.4 Å². The fraction of sp³-hybridized carbons (Fsp3) is 0.263. The van der Waals surface area contributed by atoms with Crippen LogP contribution in [0.25, 0.3) is 5.70 Å². The Labute approximate surface area is 132 Å². The molecule has 1 aromatic rings. The molecule has 22 heavy (non-hydrogen) atoms. The van der Waals surface area contributed by atoms with Gasteiger partial charge in [-0.1, -0.05) is 12.5 Å². The number of ether oxygens (including phenoxy) is 2. The summed E-state index contributed by atoms with van der Waals surface area (Å²) in [6, 6.07) is 8.00. The molecule has 0 saturated heterocycles. The van der Waals surface area contributed by atoms with Crippen molar-refractivity contribution in [2.24, 2.45) is 0 Å². The van der Waals surface area contributed by atoms with E-state index in [0.29, 0.717) is 13.2 Å². The van der Waals surface area contributed by atoms with Crippen molar-refractivity contribution in [2.75, 3.05) is 26.9 Å². The molecular formula is C19H21NO2. The first-order valence-electron chi connectivity index (χ1n) is 7.28. The van der Waals surface area contributed by atoms with E-state index >= 15 is 0 Å². The lowest BCUT2D eigenvalue weighted by Crippen LogP contribution is -2.23. The van der Waals surface area contributed by atoms with Crippen molar-refractivity contribution in [3.05, 3.63) is 59.8 Å². The van der Waals surface area contributed by atoms with Crippen LogP contribution in [-0.4, -0.2) is 31.8 Å². The number of hydrogen-bond acceptors (Lipinski definition) is 3. The molecule has 0 radical (unpaired) electrons. The maximum absolute atomic E-state index is 5.58. The van der Waals surface area contributed by atoms with Crippen LogP contribution in [0.3, 0.4) is 0 Å². The molecule has 0 atom stereocenters. The Kier molecular flexibility index (Phi) is 5.46. The quantitative estimate of drug-likeness (QED) is 0.592. The minimum atomic E-state index is 0.546. The second-order valence-corrected chi connectivity index (χ2v) is 4.83. The Hall–Kier alpha value is -2.44. The molecule has 3 nitrogen and oxygen atoms in total. The summed E-state index contributed by atoms with van der Waals surface area (Å²) in [7, 11) is 1.66. The van der Waals surface area contributed by atoms with Gasteiger partial charge in [-0.15, -0.1) is 6.42 Å². The van der Waals surface area contributed by atoms with E-state index in [1.54, 1.807) is 7.11 Å². The van der Waals surface area contributed by atoms with Crippen LogP contribution in [0, 0.1) is 12.3 Å². The molecule has 1 aliphatic rings. The number of methoxy groups -OCH3 is 1. The zero-order valence-electron chi connectivity index (χ0n) is 13.1. The monoisotopic (exact) mass is 295 g/mol. The molecular weight excluding hydrogens is 274 g/mol. The summed E-state index contributed by atoms with van der Waals surface area (Å²) in [4.78, 5) is 2.12. The maximum Gasteiger partial charge on any atom is 0.119 e. The van der Waals surface area contributed by atoms with Crippen LogP contribution < -0.4 is 4.74 Å². The standard InChI is InChI=1S/C19H21NO2/c1-5-16-9-12-19(20(6-2)15(16)3)17-7-10-18(11-8-17)22-14-13-21-4/h1,7-12H,3,6,13-14H2,2,4H3. The highest BCUT2D eigenvalue weighted by Crippen LogP contribution is 2.30. The third kappa shape index (κ3) is 3.41. The van der Waals surface area contributed by atoms with E-state index in [-0.39, 0.29) is 0 Å². The van der Waals surface area contributed by atoms with Crippen molar-refractivity contribution in [1.29, 1.82) is 0 Å². The summed E-state index contributed by atoms with van der Waals surface area (Å²) in [5, 5.41) is 0. The summed E-state index contributed by atoms with van der Waals surface area (Å²) in [6.07, 6.45) is 9.48. The molecule has 0 amide bonds. The first-order chi connectivity index (χ1) is 10.7. The Bertz CT molecular complexity index is 632. The molecule has 0 bridgehead atoms. The smallest absolute Gasteiger partial charge is 0.119 e. The van der Waals surface area contributed by atoms with Crippen LogP contribution in [0.15, 0.2) is 54.3 Å². The Morgan fingerprint density at radius 2 is 1.91 bits per heavy atom. The summed E-state index contributed by atoms with van der Waals surface area (Å²) in [5.74, 6) is 3.50. The molecule has 0 aromatic heterocycles. The molecule has 1 aromatic carbocycles. The van der Waals surface area contributed by atoms with E-state index in [9.17, 15) is 0 Å². The lowest BCUT2D eigenvalue weighted by molar-refractivity contribution is 0.146. The average Bonchev–Trinajstić information content (AvgIpc) is 2.55. The maximum atomic E-state index is 5.58. The normalized spacial score (nSPS) is 14.2. The van der Waals surface area contributed by atoms with Gasteiger partial charge in [0.15, 0.2) is 0 Å². The van der Waals surface area contributed by atoms with Crippen molar-refractivity contribution in [2.45, 2.75) is 6.92 Å². The minimum Gasteiger partial charge on any atom is -0.491 e. The molecule has 0 saturated carbocycles. The third-order valence-electron chi connectivity index (χ3n) is 3.51. The van der Waals surface area contributed by atoms with Crippen LogP contribution in [0.2, 0.25) is 0 Å². The van der Waals surface area contributed by atoms with Gasteiger partial charge in [0.1, 0.15) is 12.4 Å². The minimum absolute atomic E-state index is 0.546. The Morgan fingerprint density at radius 1 is 1.18 bits per heavy atom. The van der Waals surface area contributed by atoms with Crippen molar-refractivity contribution in [3.8, 4) is 18.1 Å². The Balaban J connectivity index is 2.20. The largest absolute Gasteiger partial charge is 0.491 e. The molecule has 0 aliphatic carbocycles. The van der Waals surface area contributed by atoms with E-state index in [4.69, 9.17) is 15.9 Å². The van der Waals surface area contributed by atoms with Gasteiger partial charge in [0.2, 0.25) is 0 Å². The molecule has 1 heterocycles. The lowest BCUT2D eigenvalue weighted by atomic mass is 10.0. The number of allylic oxidation sites excluding steroid dienone is 3. The van der Waals surface area contributed by atoms with Crippen molar-refractivity contribution in [3.63, 3.8) is 0 Å². The summed E-state index contributed by atoms with van der Waals surface area (Å²) < 4.78 is 10.6. The van der Waals surface area contributed by atoms with Crippen LogP contribution in [0.1, 0.15) is 12.5 Å². The summed E-state index contributed by atoms with van der Waals surface area (Å²) >= 11 is 0. The van der Waals surface area contributed by atoms with Crippen molar-refractivity contribution in [1.82, 2.24) is 4.90 Å². The lowest BCUT2D eigenvalue weighted by Gasteiger charge is -2.30. The topological polar surface area (TPSA) is 21.7 Å². The van der Waals surface area contributed by atoms with Gasteiger partial charge >= 0.3 is 0 Å². The van der Waals surface area contributed by atoms with Crippen LogP contribution >= 0.6 is 0 Å². The van der Waals surface area contributed by atoms with Crippen molar-refractivity contribution >= 4 is 5.70 Å². The molecule has 2 rings (SSSR count). The van der Waals surface area contributed by atoms with E-state index in [1.165, 1.54) is 0 Å². The summed E-state index contributed by atoms with van der Waals surface area (Å²) in [5.41, 5.74) is 3.89. The second kappa shape index (κ2) is 7.53. The van der Waals surface area contributed by atoms with Gasteiger partial charge in [-0.3, -0.25) is 0 Å².